The highest BCUT2D eigenvalue weighted by molar-refractivity contribution is 5.77. The summed E-state index contributed by atoms with van der Waals surface area (Å²) in [5, 5.41) is 0. The number of halogens is 3. The van der Waals surface area contributed by atoms with Gasteiger partial charge in [-0.2, -0.15) is 13.2 Å². The van der Waals surface area contributed by atoms with Crippen molar-refractivity contribution < 1.29 is 27.4 Å². The highest BCUT2D eigenvalue weighted by atomic mass is 19.4. The number of aromatic nitrogens is 1. The average molecular weight is 304 g/mol. The molecule has 0 spiro atoms. The second-order valence-electron chi connectivity index (χ2n) is 4.67. The topological polar surface area (TPSA) is 51.7 Å². The molecule has 1 aliphatic heterocycles. The number of hydrogen-bond acceptors (Lipinski definition) is 4. The van der Waals surface area contributed by atoms with Crippen molar-refractivity contribution in [1.29, 1.82) is 0 Å². The van der Waals surface area contributed by atoms with Crippen molar-refractivity contribution in [1.82, 2.24) is 9.88 Å². The minimum Gasteiger partial charge on any atom is -0.468 e. The molecule has 1 aromatic heterocycles. The molecule has 0 radical (unpaired) electrons. The minimum absolute atomic E-state index is 0.0608. The molecule has 5 nitrogen and oxygen atoms in total. The van der Waals surface area contributed by atoms with Gasteiger partial charge in [-0.15, -0.1) is 0 Å². The standard InChI is InChI=1S/C13H15F3N2O3/c1-9-7-18(5-6-20-9)12(19)8-21-11-4-2-3-10(17-11)13(14,15)16/h2-4,9H,5-8H2,1H3/t9-/m0/s1. The molecular weight excluding hydrogens is 289 g/mol. The Kier molecular flexibility index (Phi) is 4.66. The van der Waals surface area contributed by atoms with E-state index in [-0.39, 0.29) is 24.5 Å². The van der Waals surface area contributed by atoms with Crippen molar-refractivity contribution in [3.63, 3.8) is 0 Å². The summed E-state index contributed by atoms with van der Waals surface area (Å²) in [4.78, 5) is 16.8. The van der Waals surface area contributed by atoms with Crippen LogP contribution in [0.5, 0.6) is 5.88 Å². The first kappa shape index (κ1) is 15.6. The van der Waals surface area contributed by atoms with Crippen molar-refractivity contribution >= 4 is 5.91 Å². The van der Waals surface area contributed by atoms with Crippen LogP contribution in [0.4, 0.5) is 13.2 Å². The Morgan fingerprint density at radius 3 is 2.95 bits per heavy atom. The zero-order valence-electron chi connectivity index (χ0n) is 11.4. The van der Waals surface area contributed by atoms with Gasteiger partial charge in [-0.25, -0.2) is 4.98 Å². The van der Waals surface area contributed by atoms with Crippen molar-refractivity contribution in [3.8, 4) is 5.88 Å². The Bertz CT molecular complexity index is 508. The molecule has 1 atom stereocenters. The van der Waals surface area contributed by atoms with Crippen molar-refractivity contribution in [2.75, 3.05) is 26.3 Å². The number of rotatable bonds is 3. The van der Waals surface area contributed by atoms with Crippen molar-refractivity contribution in [3.05, 3.63) is 23.9 Å². The zero-order valence-corrected chi connectivity index (χ0v) is 11.4. The van der Waals surface area contributed by atoms with Crippen LogP contribution in [-0.4, -0.2) is 48.2 Å². The van der Waals surface area contributed by atoms with Gasteiger partial charge in [0.15, 0.2) is 6.61 Å². The normalized spacial score (nSPS) is 19.4. The third-order valence-electron chi connectivity index (χ3n) is 2.95. The Morgan fingerprint density at radius 1 is 1.52 bits per heavy atom. The molecular formula is C13H15F3N2O3. The first-order valence-corrected chi connectivity index (χ1v) is 6.42. The molecule has 0 aromatic carbocycles. The van der Waals surface area contributed by atoms with Gasteiger partial charge in [-0.1, -0.05) is 6.07 Å². The summed E-state index contributed by atoms with van der Waals surface area (Å²) >= 11 is 0. The Balaban J connectivity index is 1.92. The summed E-state index contributed by atoms with van der Waals surface area (Å²) < 4.78 is 47.8. The fraction of sp³-hybridized carbons (Fsp3) is 0.538. The van der Waals surface area contributed by atoms with Gasteiger partial charge in [0.05, 0.1) is 12.7 Å². The molecule has 1 fully saturated rings. The van der Waals surface area contributed by atoms with Crippen molar-refractivity contribution in [2.45, 2.75) is 19.2 Å². The number of carbonyl (C=O) groups excluding carboxylic acids is 1. The molecule has 8 heteroatoms. The minimum atomic E-state index is -4.54. The molecule has 0 N–H and O–H groups in total. The predicted octanol–water partition coefficient (Wildman–Crippen LogP) is 1.73. The van der Waals surface area contributed by atoms with E-state index in [0.717, 1.165) is 6.07 Å². The first-order chi connectivity index (χ1) is 9.86. The molecule has 0 bridgehead atoms. The zero-order chi connectivity index (χ0) is 15.5. The highest BCUT2D eigenvalue weighted by Gasteiger charge is 2.32. The smallest absolute Gasteiger partial charge is 0.433 e. The molecule has 21 heavy (non-hydrogen) atoms. The van der Waals surface area contributed by atoms with Crippen LogP contribution in [0.1, 0.15) is 12.6 Å². The molecule has 1 aliphatic rings. The Morgan fingerprint density at radius 2 is 2.29 bits per heavy atom. The predicted molar refractivity (Wildman–Crippen MR) is 66.7 cm³/mol. The number of pyridine rings is 1. The summed E-state index contributed by atoms with van der Waals surface area (Å²) in [7, 11) is 0. The van der Waals surface area contributed by atoms with Gasteiger partial charge in [0.25, 0.3) is 5.91 Å². The van der Waals surface area contributed by atoms with Crippen molar-refractivity contribution in [2.24, 2.45) is 0 Å². The second-order valence-corrected chi connectivity index (χ2v) is 4.67. The third-order valence-corrected chi connectivity index (χ3v) is 2.95. The quantitative estimate of drug-likeness (QED) is 0.853. The van der Waals surface area contributed by atoms with E-state index in [1.54, 1.807) is 4.90 Å². The summed E-state index contributed by atoms with van der Waals surface area (Å²) in [6, 6.07) is 3.31. The monoisotopic (exact) mass is 304 g/mol. The van der Waals surface area contributed by atoms with Crippen LogP contribution in [0.3, 0.4) is 0 Å². The van der Waals surface area contributed by atoms with Gasteiger partial charge < -0.3 is 14.4 Å². The average Bonchev–Trinajstić information content (AvgIpc) is 2.44. The summed E-state index contributed by atoms with van der Waals surface area (Å²) in [5.74, 6) is -0.524. The van der Waals surface area contributed by atoms with E-state index >= 15 is 0 Å². The lowest BCUT2D eigenvalue weighted by atomic mass is 10.3. The number of morpholine rings is 1. The lowest BCUT2D eigenvalue weighted by molar-refractivity contribution is -0.141. The van der Waals surface area contributed by atoms with E-state index in [0.29, 0.717) is 19.7 Å². The first-order valence-electron chi connectivity index (χ1n) is 6.42. The van der Waals surface area contributed by atoms with Gasteiger partial charge in [-0.3, -0.25) is 4.79 Å². The molecule has 1 saturated heterocycles. The van der Waals surface area contributed by atoms with Gasteiger partial charge in [-0.05, 0) is 13.0 Å². The number of alkyl halides is 3. The van der Waals surface area contributed by atoms with Gasteiger partial charge in [0.2, 0.25) is 5.88 Å². The SMILES string of the molecule is C[C@H]1CN(C(=O)COc2cccc(C(F)(F)F)n2)CCO1. The van der Waals surface area contributed by atoms with Crippen LogP contribution in [0.2, 0.25) is 0 Å². The molecule has 0 aliphatic carbocycles. The number of nitrogens with zero attached hydrogens (tertiary/aromatic N) is 2. The fourth-order valence-electron chi connectivity index (χ4n) is 1.93. The lowest BCUT2D eigenvalue weighted by Crippen LogP contribution is -2.46. The molecule has 2 rings (SSSR count). The van der Waals surface area contributed by atoms with Gasteiger partial charge in [0.1, 0.15) is 5.69 Å². The van der Waals surface area contributed by atoms with Crippen LogP contribution in [0, 0.1) is 0 Å². The molecule has 1 aromatic rings. The van der Waals surface area contributed by atoms with Crippen LogP contribution < -0.4 is 4.74 Å². The van der Waals surface area contributed by atoms with Gasteiger partial charge in [0, 0.05) is 19.2 Å². The van der Waals surface area contributed by atoms with E-state index in [1.165, 1.54) is 12.1 Å². The van der Waals surface area contributed by atoms with Gasteiger partial charge >= 0.3 is 6.18 Å². The second kappa shape index (κ2) is 6.30. The molecule has 1 amide bonds. The Hall–Kier alpha value is -1.83. The molecule has 0 saturated carbocycles. The maximum atomic E-state index is 12.5. The lowest BCUT2D eigenvalue weighted by Gasteiger charge is -2.31. The Labute approximate surface area is 119 Å². The molecule has 0 unspecified atom stereocenters. The van der Waals surface area contributed by atoms with Crippen LogP contribution in [0.25, 0.3) is 0 Å². The molecule has 2 heterocycles. The van der Waals surface area contributed by atoms with E-state index < -0.39 is 11.9 Å². The summed E-state index contributed by atoms with van der Waals surface area (Å²) in [5.41, 5.74) is -1.05. The van der Waals surface area contributed by atoms with E-state index in [4.69, 9.17) is 9.47 Å². The fourth-order valence-corrected chi connectivity index (χ4v) is 1.93. The van der Waals surface area contributed by atoms with Crippen LogP contribution in [0.15, 0.2) is 18.2 Å². The summed E-state index contributed by atoms with van der Waals surface area (Å²) in [6.07, 6.45) is -4.60. The van der Waals surface area contributed by atoms with Crippen LogP contribution >= 0.6 is 0 Å². The number of hydrogen-bond donors (Lipinski definition) is 0. The summed E-state index contributed by atoms with van der Waals surface area (Å²) in [6.45, 7) is 2.82. The molecule has 116 valence electrons. The van der Waals surface area contributed by atoms with E-state index in [2.05, 4.69) is 4.98 Å². The largest absolute Gasteiger partial charge is 0.468 e. The van der Waals surface area contributed by atoms with E-state index in [9.17, 15) is 18.0 Å². The highest BCUT2D eigenvalue weighted by Crippen LogP contribution is 2.28. The maximum absolute atomic E-state index is 12.5. The van der Waals surface area contributed by atoms with E-state index in [1.807, 2.05) is 6.92 Å². The number of amides is 1. The number of ether oxygens (including phenoxy) is 2. The number of carbonyl (C=O) groups is 1. The third kappa shape index (κ3) is 4.32. The van der Waals surface area contributed by atoms with Crippen LogP contribution in [-0.2, 0) is 15.7 Å². The maximum Gasteiger partial charge on any atom is 0.433 e.